The number of ether oxygens (including phenoxy) is 1. The molecule has 0 rings (SSSR count). The maximum atomic E-state index is 11.9. The van der Waals surface area contributed by atoms with Gasteiger partial charge in [-0.3, -0.25) is 19.8 Å². The first-order chi connectivity index (χ1) is 10.5. The normalized spacial score (nSPS) is 12.0. The van der Waals surface area contributed by atoms with E-state index in [-0.39, 0.29) is 13.0 Å². The zero-order valence-electron chi connectivity index (χ0n) is 13.3. The first-order valence-electron chi connectivity index (χ1n) is 6.72. The van der Waals surface area contributed by atoms with Crippen molar-refractivity contribution in [3.8, 4) is 0 Å². The van der Waals surface area contributed by atoms with E-state index in [1.807, 2.05) is 0 Å². The summed E-state index contributed by atoms with van der Waals surface area (Å²) in [6.07, 6.45) is -0.821. The lowest BCUT2D eigenvalue weighted by atomic mass is 10.2. The molecule has 0 heterocycles. The van der Waals surface area contributed by atoms with Gasteiger partial charge in [0.05, 0.1) is 6.61 Å². The Morgan fingerprint density at radius 1 is 1.30 bits per heavy atom. The summed E-state index contributed by atoms with van der Waals surface area (Å²) < 4.78 is 5.03. The number of nitrogens with two attached hydrogens (primary N) is 1. The Labute approximate surface area is 133 Å². The molecule has 1 atom stereocenters. The van der Waals surface area contributed by atoms with E-state index in [0.717, 1.165) is 0 Å². The Balaban J connectivity index is 4.58. The van der Waals surface area contributed by atoms with Gasteiger partial charge >= 0.3 is 12.1 Å². The van der Waals surface area contributed by atoms with Gasteiger partial charge in [-0.2, -0.15) is 0 Å². The molecule has 0 aromatic heterocycles. The monoisotopic (exact) mass is 333 g/mol. The van der Waals surface area contributed by atoms with Gasteiger partial charge in [-0.25, -0.2) is 10.3 Å². The molecule has 0 radical (unpaired) electrons. The van der Waals surface area contributed by atoms with Crippen LogP contribution in [0.4, 0.5) is 4.79 Å². The van der Waals surface area contributed by atoms with Crippen LogP contribution in [0.1, 0.15) is 27.2 Å². The number of hydroxylamine groups is 1. The lowest BCUT2D eigenvalue weighted by molar-refractivity contribution is -0.138. The van der Waals surface area contributed by atoms with E-state index < -0.39 is 42.1 Å². The minimum Gasteiger partial charge on any atom is -0.480 e. The second kappa shape index (κ2) is 9.46. The molecule has 132 valence electrons. The number of guanidine groups is 1. The molecule has 0 aliphatic heterocycles. The number of carboxylic acid groups (broad SMARTS) is 1. The summed E-state index contributed by atoms with van der Waals surface area (Å²) in [5.41, 5.74) is 6.33. The Morgan fingerprint density at radius 3 is 2.39 bits per heavy atom. The number of carboxylic acids is 1. The van der Waals surface area contributed by atoms with Gasteiger partial charge in [0.15, 0.2) is 0 Å². The molecule has 23 heavy (non-hydrogen) atoms. The third-order valence-corrected chi connectivity index (χ3v) is 2.11. The van der Waals surface area contributed by atoms with E-state index in [9.17, 15) is 14.4 Å². The Hall–Kier alpha value is -2.56. The molecule has 11 nitrogen and oxygen atoms in total. The van der Waals surface area contributed by atoms with Crippen LogP contribution >= 0.6 is 0 Å². The Morgan fingerprint density at radius 2 is 1.91 bits per heavy atom. The first kappa shape index (κ1) is 20.4. The van der Waals surface area contributed by atoms with E-state index in [0.29, 0.717) is 0 Å². The van der Waals surface area contributed by atoms with Gasteiger partial charge in [0, 0.05) is 6.42 Å². The van der Waals surface area contributed by atoms with Gasteiger partial charge in [0.25, 0.3) is 0 Å². The smallest absolute Gasteiger partial charge is 0.408 e. The fourth-order valence-electron chi connectivity index (χ4n) is 1.31. The second-order valence-corrected chi connectivity index (χ2v) is 5.46. The van der Waals surface area contributed by atoms with Crippen molar-refractivity contribution < 1.29 is 29.1 Å². The van der Waals surface area contributed by atoms with Crippen LogP contribution in [0.3, 0.4) is 0 Å². The molecule has 0 aromatic rings. The predicted molar refractivity (Wildman–Crippen MR) is 79.4 cm³/mol. The van der Waals surface area contributed by atoms with Gasteiger partial charge in [0.1, 0.15) is 18.2 Å². The maximum absolute atomic E-state index is 11.9. The summed E-state index contributed by atoms with van der Waals surface area (Å²) in [6, 6.07) is -1.07. The molecule has 0 bridgehead atoms. The highest BCUT2D eigenvalue weighted by atomic mass is 16.6. The molecule has 0 fully saturated rings. The molecule has 0 aliphatic carbocycles. The van der Waals surface area contributed by atoms with Crippen LogP contribution < -0.4 is 21.8 Å². The van der Waals surface area contributed by atoms with E-state index in [1.54, 1.807) is 20.8 Å². The number of hydrogen-bond donors (Lipinski definition) is 6. The van der Waals surface area contributed by atoms with Crippen molar-refractivity contribution in [1.29, 1.82) is 5.41 Å². The van der Waals surface area contributed by atoms with E-state index in [4.69, 9.17) is 25.8 Å². The first-order valence-corrected chi connectivity index (χ1v) is 6.72. The summed E-state index contributed by atoms with van der Waals surface area (Å²) >= 11 is 0. The molecule has 11 heteroatoms. The fourth-order valence-corrected chi connectivity index (χ4v) is 1.31. The average molecular weight is 333 g/mol. The average Bonchev–Trinajstić information content (AvgIpc) is 2.37. The van der Waals surface area contributed by atoms with Crippen molar-refractivity contribution in [2.45, 2.75) is 38.8 Å². The number of alkyl carbamates (subject to hydrolysis) is 1. The van der Waals surface area contributed by atoms with Crippen LogP contribution in [0.2, 0.25) is 0 Å². The van der Waals surface area contributed by atoms with Crippen molar-refractivity contribution in [2.75, 3.05) is 13.2 Å². The zero-order valence-corrected chi connectivity index (χ0v) is 13.3. The molecule has 0 spiro atoms. The van der Waals surface area contributed by atoms with Crippen molar-refractivity contribution in [2.24, 2.45) is 5.73 Å². The summed E-state index contributed by atoms with van der Waals surface area (Å²) in [5, 5.41) is 19.9. The molecule has 2 amide bonds. The molecular weight excluding hydrogens is 310 g/mol. The lowest BCUT2D eigenvalue weighted by Crippen LogP contribution is -2.49. The maximum Gasteiger partial charge on any atom is 0.408 e. The highest BCUT2D eigenvalue weighted by Gasteiger charge is 2.24. The predicted octanol–water partition coefficient (Wildman–Crippen LogP) is -1.11. The zero-order chi connectivity index (χ0) is 18.0. The number of carbonyl (C=O) groups is 3. The minimum absolute atomic E-state index is 0.00494. The van der Waals surface area contributed by atoms with Crippen molar-refractivity contribution in [3.05, 3.63) is 0 Å². The van der Waals surface area contributed by atoms with E-state index in [1.165, 1.54) is 0 Å². The number of nitrogens with one attached hydrogen (secondary N) is 4. The van der Waals surface area contributed by atoms with Crippen molar-refractivity contribution in [3.63, 3.8) is 0 Å². The molecule has 0 aliphatic rings. The Kier molecular flexibility index (Phi) is 8.40. The number of carbonyl (C=O) groups excluding carboxylic acids is 2. The summed E-state index contributed by atoms with van der Waals surface area (Å²) in [4.78, 5) is 38.9. The fraction of sp³-hybridized carbons (Fsp3) is 0.667. The molecule has 7 N–H and O–H groups in total. The minimum atomic E-state index is -1.22. The van der Waals surface area contributed by atoms with Crippen LogP contribution in [-0.4, -0.2) is 53.8 Å². The number of amides is 2. The summed E-state index contributed by atoms with van der Waals surface area (Å²) in [6.45, 7) is 4.32. The highest BCUT2D eigenvalue weighted by molar-refractivity contribution is 5.88. The van der Waals surface area contributed by atoms with E-state index >= 15 is 0 Å². The van der Waals surface area contributed by atoms with Crippen molar-refractivity contribution >= 4 is 23.9 Å². The van der Waals surface area contributed by atoms with Crippen LogP contribution in [-0.2, 0) is 19.2 Å². The number of rotatable bonds is 8. The van der Waals surface area contributed by atoms with Crippen molar-refractivity contribution in [1.82, 2.24) is 16.1 Å². The van der Waals surface area contributed by atoms with Crippen LogP contribution in [0, 0.1) is 5.41 Å². The summed E-state index contributed by atoms with van der Waals surface area (Å²) in [7, 11) is 0. The molecule has 0 unspecified atom stereocenters. The number of hydrogen-bond acceptors (Lipinski definition) is 6. The van der Waals surface area contributed by atoms with Crippen LogP contribution in [0.15, 0.2) is 0 Å². The number of aliphatic carboxylic acids is 1. The third kappa shape index (κ3) is 11.7. The third-order valence-electron chi connectivity index (χ3n) is 2.11. The lowest BCUT2D eigenvalue weighted by Gasteiger charge is -2.23. The van der Waals surface area contributed by atoms with Crippen LogP contribution in [0.5, 0.6) is 0 Å². The molecule has 0 saturated carbocycles. The quantitative estimate of drug-likeness (QED) is 0.140. The highest BCUT2D eigenvalue weighted by Crippen LogP contribution is 2.07. The molecule has 0 saturated heterocycles. The topological polar surface area (TPSA) is 176 Å². The van der Waals surface area contributed by atoms with Crippen LogP contribution in [0.25, 0.3) is 0 Å². The Bertz CT molecular complexity index is 448. The standard InChI is InChI=1S/C12H23N5O6/c1-12(2,3)23-11(21)16-7(4-5-22-17-10(13)14)9(20)15-6-8(18)19/h7H,4-6H2,1-3H3,(H,15,20)(H,16,21)(H,18,19)(H4,13,14,17)/t7-/m0/s1. The second-order valence-electron chi connectivity index (χ2n) is 5.46. The van der Waals surface area contributed by atoms with E-state index in [2.05, 4.69) is 16.1 Å². The summed E-state index contributed by atoms with van der Waals surface area (Å²) in [5.74, 6) is -2.34. The largest absolute Gasteiger partial charge is 0.480 e. The van der Waals surface area contributed by atoms with Gasteiger partial charge in [0.2, 0.25) is 11.9 Å². The van der Waals surface area contributed by atoms with Gasteiger partial charge in [-0.05, 0) is 20.8 Å². The molecule has 0 aromatic carbocycles. The van der Waals surface area contributed by atoms with Gasteiger partial charge in [-0.15, -0.1) is 0 Å². The van der Waals surface area contributed by atoms with Gasteiger partial charge in [-0.1, -0.05) is 0 Å². The SMILES string of the molecule is CC(C)(C)OC(=O)N[C@@H](CCONC(=N)N)C(=O)NCC(=O)O. The molecular formula is C12H23N5O6. The van der Waals surface area contributed by atoms with Gasteiger partial charge < -0.3 is 26.2 Å².